The molecule has 0 bridgehead atoms. The predicted octanol–water partition coefficient (Wildman–Crippen LogP) is 5.75. The van der Waals surface area contributed by atoms with Crippen molar-refractivity contribution < 1.29 is 15.0 Å². The molecule has 1 unspecified atom stereocenters. The number of aromatic hydroxyl groups is 1. The van der Waals surface area contributed by atoms with Crippen molar-refractivity contribution in [2.24, 2.45) is 28.6 Å². The molecule has 0 aromatic heterocycles. The SMILES string of the molecule is C[C@]12CCC(=O)C=C1CC[C@@H]1[C@H]2CC[C@@]2(C)[C@H]1CCC2(O)CSc1ccc(O)cc1. The van der Waals surface area contributed by atoms with E-state index in [0.717, 1.165) is 42.8 Å². The summed E-state index contributed by atoms with van der Waals surface area (Å²) >= 11 is 1.72. The van der Waals surface area contributed by atoms with Crippen molar-refractivity contribution in [1.29, 1.82) is 0 Å². The van der Waals surface area contributed by atoms with Gasteiger partial charge in [0, 0.05) is 22.5 Å². The molecule has 3 nitrogen and oxygen atoms in total. The van der Waals surface area contributed by atoms with Gasteiger partial charge in [0.15, 0.2) is 5.78 Å². The number of ketones is 1. The van der Waals surface area contributed by atoms with E-state index in [1.54, 1.807) is 23.9 Å². The standard InChI is InChI=1S/C26H34O3S/c1-24-12-9-19(28)15-17(24)3-8-21-22(24)10-13-25(2)23(21)11-14-26(25,29)16-30-20-6-4-18(27)5-7-20/h4-7,15,21-23,27,29H,3,8-14,16H2,1-2H3/t21-,22-,23+,24+,25+,26?/m1/s1. The molecule has 5 rings (SSSR count). The van der Waals surface area contributed by atoms with Crippen LogP contribution in [0.15, 0.2) is 40.8 Å². The van der Waals surface area contributed by atoms with Gasteiger partial charge >= 0.3 is 0 Å². The fourth-order valence-electron chi connectivity index (χ4n) is 7.65. The van der Waals surface area contributed by atoms with E-state index >= 15 is 0 Å². The summed E-state index contributed by atoms with van der Waals surface area (Å²) in [5, 5.41) is 21.4. The van der Waals surface area contributed by atoms with E-state index in [9.17, 15) is 15.0 Å². The zero-order valence-electron chi connectivity index (χ0n) is 18.2. The molecule has 0 saturated heterocycles. The first-order valence-corrected chi connectivity index (χ1v) is 12.6. The second-order valence-corrected chi connectivity index (χ2v) is 11.8. The topological polar surface area (TPSA) is 57.5 Å². The lowest BCUT2D eigenvalue weighted by molar-refractivity contribution is -0.123. The Morgan fingerprint density at radius 3 is 2.50 bits per heavy atom. The van der Waals surface area contributed by atoms with Crippen LogP contribution in [0.1, 0.15) is 65.2 Å². The molecule has 3 fully saturated rings. The van der Waals surface area contributed by atoms with Gasteiger partial charge in [-0.2, -0.15) is 0 Å². The van der Waals surface area contributed by atoms with E-state index in [2.05, 4.69) is 13.8 Å². The minimum absolute atomic E-state index is 0.0276. The minimum atomic E-state index is -0.634. The largest absolute Gasteiger partial charge is 0.508 e. The van der Waals surface area contributed by atoms with Gasteiger partial charge < -0.3 is 10.2 Å². The van der Waals surface area contributed by atoms with Crippen LogP contribution in [0.2, 0.25) is 0 Å². The van der Waals surface area contributed by atoms with Gasteiger partial charge in [0.2, 0.25) is 0 Å². The van der Waals surface area contributed by atoms with Crippen molar-refractivity contribution in [2.75, 3.05) is 5.75 Å². The number of aliphatic hydroxyl groups is 1. The van der Waals surface area contributed by atoms with Crippen molar-refractivity contribution in [3.63, 3.8) is 0 Å². The molecule has 0 amide bonds. The zero-order valence-corrected chi connectivity index (χ0v) is 19.0. The second kappa shape index (κ2) is 7.13. The minimum Gasteiger partial charge on any atom is -0.508 e. The van der Waals surface area contributed by atoms with Crippen LogP contribution in [0.4, 0.5) is 0 Å². The van der Waals surface area contributed by atoms with Gasteiger partial charge in [-0.15, -0.1) is 11.8 Å². The van der Waals surface area contributed by atoms with Crippen LogP contribution in [-0.4, -0.2) is 27.4 Å². The summed E-state index contributed by atoms with van der Waals surface area (Å²) in [6, 6.07) is 7.32. The van der Waals surface area contributed by atoms with E-state index in [1.165, 1.54) is 18.4 Å². The van der Waals surface area contributed by atoms with Crippen LogP contribution >= 0.6 is 11.8 Å². The molecule has 162 valence electrons. The van der Waals surface area contributed by atoms with Crippen molar-refractivity contribution in [2.45, 2.75) is 75.7 Å². The molecule has 4 aliphatic rings. The summed E-state index contributed by atoms with van der Waals surface area (Å²) in [5.74, 6) is 3.25. The lowest BCUT2D eigenvalue weighted by atomic mass is 9.46. The molecule has 4 heteroatoms. The molecule has 2 N–H and O–H groups in total. The lowest BCUT2D eigenvalue weighted by Gasteiger charge is -2.59. The third-order valence-electron chi connectivity index (χ3n) is 9.60. The number of hydrogen-bond donors (Lipinski definition) is 2. The van der Waals surface area contributed by atoms with E-state index in [0.29, 0.717) is 30.0 Å². The maximum atomic E-state index is 12.0. The monoisotopic (exact) mass is 426 g/mol. The first-order valence-electron chi connectivity index (χ1n) is 11.6. The highest BCUT2D eigenvalue weighted by Gasteiger charge is 2.63. The Kier molecular flexibility index (Phi) is 4.90. The van der Waals surface area contributed by atoms with E-state index in [1.807, 2.05) is 18.2 Å². The predicted molar refractivity (Wildman–Crippen MR) is 120 cm³/mol. The van der Waals surface area contributed by atoms with E-state index in [4.69, 9.17) is 0 Å². The Balaban J connectivity index is 1.36. The molecule has 0 aliphatic heterocycles. The first kappa shape index (κ1) is 20.6. The number of allylic oxidation sites excluding steroid dienone is 1. The third kappa shape index (κ3) is 3.01. The van der Waals surface area contributed by atoms with Crippen LogP contribution in [0.3, 0.4) is 0 Å². The molecule has 30 heavy (non-hydrogen) atoms. The molecule has 4 aliphatic carbocycles. The Bertz CT molecular complexity index is 877. The highest BCUT2D eigenvalue weighted by Crippen LogP contribution is 2.67. The molecule has 0 heterocycles. The lowest BCUT2D eigenvalue weighted by Crippen LogP contribution is -2.55. The number of hydrogen-bond acceptors (Lipinski definition) is 4. The Morgan fingerprint density at radius 1 is 1.00 bits per heavy atom. The molecule has 1 aromatic rings. The van der Waals surface area contributed by atoms with Crippen molar-refractivity contribution >= 4 is 17.5 Å². The molecular weight excluding hydrogens is 392 g/mol. The van der Waals surface area contributed by atoms with Crippen LogP contribution in [0.5, 0.6) is 5.75 Å². The second-order valence-electron chi connectivity index (χ2n) is 10.8. The first-order chi connectivity index (χ1) is 14.3. The molecule has 1 aromatic carbocycles. The summed E-state index contributed by atoms with van der Waals surface area (Å²) in [4.78, 5) is 13.1. The molecule has 3 saturated carbocycles. The molecular formula is C26H34O3S. The van der Waals surface area contributed by atoms with Gasteiger partial charge in [-0.3, -0.25) is 4.79 Å². The van der Waals surface area contributed by atoms with Crippen LogP contribution in [0.25, 0.3) is 0 Å². The fourth-order valence-corrected chi connectivity index (χ4v) is 8.86. The van der Waals surface area contributed by atoms with E-state index < -0.39 is 5.60 Å². The smallest absolute Gasteiger partial charge is 0.155 e. The number of benzene rings is 1. The summed E-state index contributed by atoms with van der Waals surface area (Å²) in [6.07, 6.45) is 10.2. The van der Waals surface area contributed by atoms with Gasteiger partial charge in [0.1, 0.15) is 5.75 Å². The number of fused-ring (bicyclic) bond motifs is 5. The van der Waals surface area contributed by atoms with Gasteiger partial charge in [-0.1, -0.05) is 19.4 Å². The quantitative estimate of drug-likeness (QED) is 0.605. The van der Waals surface area contributed by atoms with Crippen molar-refractivity contribution in [3.05, 3.63) is 35.9 Å². The average molecular weight is 427 g/mol. The maximum Gasteiger partial charge on any atom is 0.155 e. The van der Waals surface area contributed by atoms with Gasteiger partial charge in [0.05, 0.1) is 5.60 Å². The molecule has 0 radical (unpaired) electrons. The summed E-state index contributed by atoms with van der Waals surface area (Å²) in [6.45, 7) is 4.78. The van der Waals surface area contributed by atoms with Gasteiger partial charge in [0.25, 0.3) is 0 Å². The maximum absolute atomic E-state index is 12.0. The molecule has 0 spiro atoms. The van der Waals surface area contributed by atoms with Crippen LogP contribution < -0.4 is 0 Å². The number of carbonyl (C=O) groups is 1. The van der Waals surface area contributed by atoms with Crippen molar-refractivity contribution in [1.82, 2.24) is 0 Å². The van der Waals surface area contributed by atoms with Gasteiger partial charge in [-0.25, -0.2) is 0 Å². The fraction of sp³-hybridized carbons (Fsp3) is 0.654. The van der Waals surface area contributed by atoms with Crippen molar-refractivity contribution in [3.8, 4) is 5.75 Å². The summed E-state index contributed by atoms with van der Waals surface area (Å²) < 4.78 is 0. The average Bonchev–Trinajstić information content (AvgIpc) is 2.99. The van der Waals surface area contributed by atoms with Crippen LogP contribution in [-0.2, 0) is 4.79 Å². The highest BCUT2D eigenvalue weighted by atomic mass is 32.2. The number of phenolic OH excluding ortho intramolecular Hbond substituents is 1. The van der Waals surface area contributed by atoms with Crippen LogP contribution in [0, 0.1) is 28.6 Å². The Labute approximate surface area is 184 Å². The Hall–Kier alpha value is -1.26. The van der Waals surface area contributed by atoms with Gasteiger partial charge in [-0.05, 0) is 98.5 Å². The number of carbonyl (C=O) groups excluding carboxylic acids is 1. The number of rotatable bonds is 3. The normalized spacial score (nSPS) is 42.8. The van der Waals surface area contributed by atoms with E-state index in [-0.39, 0.29) is 16.6 Å². The summed E-state index contributed by atoms with van der Waals surface area (Å²) in [7, 11) is 0. The zero-order chi connectivity index (χ0) is 21.1. The molecule has 6 atom stereocenters. The number of phenols is 1. The Morgan fingerprint density at radius 2 is 1.73 bits per heavy atom. The third-order valence-corrected chi connectivity index (χ3v) is 10.8. The number of thioether (sulfide) groups is 1. The highest BCUT2D eigenvalue weighted by molar-refractivity contribution is 7.99. The summed E-state index contributed by atoms with van der Waals surface area (Å²) in [5.41, 5.74) is 0.949.